The molecule has 5 rings (SSSR count). The molecule has 4 heterocycles. The Kier molecular flexibility index (Phi) is 5.05. The highest BCUT2D eigenvalue weighted by Gasteiger charge is 2.61. The number of hydrogen-bond donors (Lipinski definition) is 1. The lowest BCUT2D eigenvalue weighted by Gasteiger charge is -2.47. The van der Waals surface area contributed by atoms with Crippen LogP contribution < -0.4 is 5.32 Å². The van der Waals surface area contributed by atoms with Gasteiger partial charge < -0.3 is 19.5 Å². The minimum absolute atomic E-state index is 0.0998. The fourth-order valence-corrected chi connectivity index (χ4v) is 5.23. The molecule has 0 aromatic carbocycles. The Bertz CT molecular complexity index is 859. The molecule has 3 aliphatic heterocycles. The molecule has 1 saturated carbocycles. The van der Waals surface area contributed by atoms with Gasteiger partial charge in [0, 0.05) is 44.8 Å². The van der Waals surface area contributed by atoms with Gasteiger partial charge in [-0.3, -0.25) is 4.79 Å². The number of alkyl halides is 5. The molecule has 1 aromatic heterocycles. The maximum Gasteiger partial charge on any atom is 0.403 e. The third-order valence-corrected chi connectivity index (χ3v) is 7.60. The van der Waals surface area contributed by atoms with E-state index in [4.69, 9.17) is 9.26 Å². The fourth-order valence-electron chi connectivity index (χ4n) is 5.23. The smallest absolute Gasteiger partial charge is 0.373 e. The summed E-state index contributed by atoms with van der Waals surface area (Å²) >= 11 is 0. The quantitative estimate of drug-likeness (QED) is 0.693. The van der Waals surface area contributed by atoms with Gasteiger partial charge in [0.05, 0.1) is 18.2 Å². The summed E-state index contributed by atoms with van der Waals surface area (Å²) in [6.45, 7) is 1.08. The minimum atomic E-state index is -4.67. The molecule has 178 valence electrons. The van der Waals surface area contributed by atoms with E-state index in [-0.39, 0.29) is 30.4 Å². The zero-order valence-corrected chi connectivity index (χ0v) is 17.4. The van der Waals surface area contributed by atoms with E-state index < -0.39 is 61.0 Å². The second kappa shape index (κ2) is 7.34. The van der Waals surface area contributed by atoms with Crippen molar-refractivity contribution in [1.82, 2.24) is 20.4 Å². The summed E-state index contributed by atoms with van der Waals surface area (Å²) in [6.07, 6.45) is -4.20. The van der Waals surface area contributed by atoms with Crippen LogP contribution in [0.15, 0.2) is 4.52 Å². The standard InChI is InChI=1S/C20H25F5N4O3/c21-19(22)9-12(10-19)14-27-16(32-28-14)18(20(23,24)25)3-6-29(7-4-18)15(30)13-1-2-17(11-26-13)5-8-31-17/h12-13,26H,1-11H2/t13-,17+/m0/s1. The van der Waals surface area contributed by atoms with Crippen LogP contribution in [0.1, 0.15) is 62.6 Å². The topological polar surface area (TPSA) is 80.5 Å². The summed E-state index contributed by atoms with van der Waals surface area (Å²) in [4.78, 5) is 18.2. The number of halogens is 5. The van der Waals surface area contributed by atoms with Gasteiger partial charge in [-0.05, 0) is 25.7 Å². The van der Waals surface area contributed by atoms with Crippen molar-refractivity contribution in [3.05, 3.63) is 11.7 Å². The number of piperidine rings is 2. The molecule has 1 aromatic rings. The van der Waals surface area contributed by atoms with Crippen LogP contribution >= 0.6 is 0 Å². The highest BCUT2D eigenvalue weighted by atomic mass is 19.4. The van der Waals surface area contributed by atoms with Gasteiger partial charge in [0.25, 0.3) is 0 Å². The first-order valence-corrected chi connectivity index (χ1v) is 11.0. The molecule has 1 aliphatic carbocycles. The van der Waals surface area contributed by atoms with Crippen LogP contribution in [0.5, 0.6) is 0 Å². The van der Waals surface area contributed by atoms with Gasteiger partial charge in [0.15, 0.2) is 5.82 Å². The van der Waals surface area contributed by atoms with Crippen molar-refractivity contribution in [3.63, 3.8) is 0 Å². The summed E-state index contributed by atoms with van der Waals surface area (Å²) in [6, 6.07) is -0.432. The number of aromatic nitrogens is 2. The third-order valence-electron chi connectivity index (χ3n) is 7.60. The van der Waals surface area contributed by atoms with E-state index in [1.165, 1.54) is 4.90 Å². The molecule has 1 amide bonds. The maximum absolute atomic E-state index is 14.1. The normalized spacial score (nSPS) is 32.4. The van der Waals surface area contributed by atoms with E-state index in [0.717, 1.165) is 12.8 Å². The molecule has 1 spiro atoms. The number of rotatable bonds is 3. The van der Waals surface area contributed by atoms with Crippen LogP contribution in [0.25, 0.3) is 0 Å². The van der Waals surface area contributed by atoms with E-state index in [9.17, 15) is 26.7 Å². The van der Waals surface area contributed by atoms with Crippen LogP contribution in [-0.4, -0.2) is 70.9 Å². The molecular weight excluding hydrogens is 439 g/mol. The molecular formula is C20H25F5N4O3. The first-order valence-electron chi connectivity index (χ1n) is 11.0. The van der Waals surface area contributed by atoms with E-state index in [0.29, 0.717) is 19.6 Å². The Balaban J connectivity index is 1.25. The number of likely N-dealkylation sites (tertiary alicyclic amines) is 1. The molecule has 2 atom stereocenters. The third kappa shape index (κ3) is 3.59. The average molecular weight is 464 g/mol. The molecule has 4 aliphatic rings. The first-order chi connectivity index (χ1) is 15.0. The van der Waals surface area contributed by atoms with E-state index in [2.05, 4.69) is 15.5 Å². The summed E-state index contributed by atoms with van der Waals surface area (Å²) in [5, 5.41) is 6.76. The summed E-state index contributed by atoms with van der Waals surface area (Å²) in [5.41, 5.74) is -2.57. The number of ether oxygens (including phenoxy) is 1. The molecule has 0 unspecified atom stereocenters. The molecule has 7 nitrogen and oxygen atoms in total. The zero-order chi connectivity index (χ0) is 22.8. The van der Waals surface area contributed by atoms with E-state index in [1.54, 1.807) is 0 Å². The summed E-state index contributed by atoms with van der Waals surface area (Å²) < 4.78 is 79.3. The van der Waals surface area contributed by atoms with Gasteiger partial charge in [-0.25, -0.2) is 8.78 Å². The minimum Gasteiger partial charge on any atom is -0.373 e. The number of amides is 1. The van der Waals surface area contributed by atoms with E-state index >= 15 is 0 Å². The Morgan fingerprint density at radius 3 is 2.31 bits per heavy atom. The lowest BCUT2D eigenvalue weighted by Crippen LogP contribution is -2.62. The lowest BCUT2D eigenvalue weighted by atomic mass is 9.76. The molecule has 32 heavy (non-hydrogen) atoms. The Hall–Kier alpha value is -1.82. The fraction of sp³-hybridized carbons (Fsp3) is 0.850. The van der Waals surface area contributed by atoms with Crippen LogP contribution in [0.4, 0.5) is 22.0 Å². The number of nitrogens with zero attached hydrogens (tertiary/aromatic N) is 3. The number of carbonyl (C=O) groups is 1. The second-order valence-electron chi connectivity index (χ2n) is 9.58. The molecule has 4 fully saturated rings. The van der Waals surface area contributed by atoms with Crippen molar-refractivity contribution < 1.29 is 36.0 Å². The molecule has 12 heteroatoms. The van der Waals surface area contributed by atoms with E-state index in [1.807, 2.05) is 0 Å². The van der Waals surface area contributed by atoms with Gasteiger partial charge in [-0.1, -0.05) is 5.16 Å². The average Bonchev–Trinajstić information content (AvgIpc) is 3.20. The predicted molar refractivity (Wildman–Crippen MR) is 99.1 cm³/mol. The number of hydrogen-bond acceptors (Lipinski definition) is 6. The number of nitrogens with one attached hydrogen (secondary N) is 1. The van der Waals surface area contributed by atoms with Gasteiger partial charge >= 0.3 is 6.18 Å². The highest BCUT2D eigenvalue weighted by Crippen LogP contribution is 2.50. The van der Waals surface area contributed by atoms with Crippen molar-refractivity contribution >= 4 is 5.91 Å². The molecule has 1 N–H and O–H groups in total. The Labute approximate surface area is 181 Å². The van der Waals surface area contributed by atoms with Crippen LogP contribution in [-0.2, 0) is 14.9 Å². The summed E-state index contributed by atoms with van der Waals surface area (Å²) in [7, 11) is 0. The number of carbonyl (C=O) groups excluding carboxylic acids is 1. The largest absolute Gasteiger partial charge is 0.403 e. The molecule has 3 saturated heterocycles. The Morgan fingerprint density at radius 1 is 1.12 bits per heavy atom. The van der Waals surface area contributed by atoms with Crippen molar-refractivity contribution in [2.45, 2.75) is 80.0 Å². The predicted octanol–water partition coefficient (Wildman–Crippen LogP) is 2.92. The van der Waals surface area contributed by atoms with Crippen molar-refractivity contribution in [3.8, 4) is 0 Å². The van der Waals surface area contributed by atoms with Crippen LogP contribution in [0.2, 0.25) is 0 Å². The van der Waals surface area contributed by atoms with Gasteiger partial charge in [0.2, 0.25) is 17.7 Å². The Morgan fingerprint density at radius 2 is 1.81 bits per heavy atom. The van der Waals surface area contributed by atoms with Gasteiger partial charge in [-0.15, -0.1) is 0 Å². The zero-order valence-electron chi connectivity index (χ0n) is 17.4. The maximum atomic E-state index is 14.1. The van der Waals surface area contributed by atoms with Crippen molar-refractivity contribution in [2.75, 3.05) is 26.2 Å². The van der Waals surface area contributed by atoms with Gasteiger partial charge in [-0.2, -0.15) is 18.2 Å². The first kappa shape index (κ1) is 22.0. The van der Waals surface area contributed by atoms with Crippen LogP contribution in [0, 0.1) is 0 Å². The monoisotopic (exact) mass is 464 g/mol. The van der Waals surface area contributed by atoms with Crippen molar-refractivity contribution in [2.24, 2.45) is 0 Å². The van der Waals surface area contributed by atoms with Crippen LogP contribution in [0.3, 0.4) is 0 Å². The second-order valence-corrected chi connectivity index (χ2v) is 9.58. The molecule has 0 bridgehead atoms. The van der Waals surface area contributed by atoms with Crippen molar-refractivity contribution in [1.29, 1.82) is 0 Å². The lowest BCUT2D eigenvalue weighted by molar-refractivity contribution is -0.211. The summed E-state index contributed by atoms with van der Waals surface area (Å²) in [5.74, 6) is -4.45. The van der Waals surface area contributed by atoms with Gasteiger partial charge in [0.1, 0.15) is 5.41 Å². The SMILES string of the molecule is O=C([C@@H]1CC[C@@]2(CCO2)CN1)N1CCC(c2nc(C3CC(F)(F)C3)no2)(C(F)(F)F)CC1. The molecule has 0 radical (unpaired) electrons. The highest BCUT2D eigenvalue weighted by molar-refractivity contribution is 5.82.